The molecule has 0 fully saturated rings. The number of methoxy groups -OCH3 is 1. The number of nitrogens with zero attached hydrogens (tertiary/aromatic N) is 1. The molecule has 1 heterocycles. The predicted octanol–water partition coefficient (Wildman–Crippen LogP) is 2.38. The zero-order valence-corrected chi connectivity index (χ0v) is 11.7. The molecule has 0 spiro atoms. The topological polar surface area (TPSA) is 88.9 Å². The third-order valence-corrected chi connectivity index (χ3v) is 2.80. The number of carboxylic acids is 1. The van der Waals surface area contributed by atoms with Gasteiger partial charge in [-0.3, -0.25) is 0 Å². The first-order chi connectivity index (χ1) is 10.0. The number of ether oxygens (including phenoxy) is 2. The van der Waals surface area contributed by atoms with Gasteiger partial charge in [0.2, 0.25) is 5.88 Å². The average Bonchev–Trinajstić information content (AvgIpc) is 2.47. The van der Waals surface area contributed by atoms with E-state index in [1.165, 1.54) is 19.2 Å². The molecule has 1 aromatic carbocycles. The van der Waals surface area contributed by atoms with E-state index >= 15 is 0 Å². The van der Waals surface area contributed by atoms with Crippen LogP contribution in [0.3, 0.4) is 0 Å². The number of carbonyl (C=O) groups is 1. The molecule has 0 amide bonds. The van der Waals surface area contributed by atoms with Crippen LogP contribution in [0.4, 0.5) is 0 Å². The lowest BCUT2D eigenvalue weighted by Crippen LogP contribution is -2.00. The number of carboxylic acid groups (broad SMARTS) is 1. The van der Waals surface area contributed by atoms with E-state index in [0.717, 1.165) is 0 Å². The quantitative estimate of drug-likeness (QED) is 0.878. The Bertz CT molecular complexity index is 669. The van der Waals surface area contributed by atoms with Gasteiger partial charge in [0.05, 0.1) is 19.3 Å². The Balaban J connectivity index is 2.35. The largest absolute Gasteiger partial charge is 0.493 e. The van der Waals surface area contributed by atoms with E-state index in [1.54, 1.807) is 25.1 Å². The summed E-state index contributed by atoms with van der Waals surface area (Å²) in [7, 11) is 1.48. The zero-order valence-electron chi connectivity index (χ0n) is 11.7. The average molecular weight is 289 g/mol. The summed E-state index contributed by atoms with van der Waals surface area (Å²) < 4.78 is 10.8. The molecule has 0 unspecified atom stereocenters. The third-order valence-electron chi connectivity index (χ3n) is 2.80. The summed E-state index contributed by atoms with van der Waals surface area (Å²) in [5.74, 6) is -0.0544. The second-order valence-electron chi connectivity index (χ2n) is 4.39. The van der Waals surface area contributed by atoms with Crippen molar-refractivity contribution < 1.29 is 24.5 Å². The maximum atomic E-state index is 11.0. The highest BCUT2D eigenvalue weighted by molar-refractivity contribution is 5.88. The molecular weight excluding hydrogens is 274 g/mol. The summed E-state index contributed by atoms with van der Waals surface area (Å²) in [6.07, 6.45) is 0. The lowest BCUT2D eigenvalue weighted by molar-refractivity contribution is 0.0696. The van der Waals surface area contributed by atoms with Gasteiger partial charge in [0.15, 0.2) is 11.5 Å². The van der Waals surface area contributed by atoms with Crippen LogP contribution in [-0.4, -0.2) is 28.3 Å². The van der Waals surface area contributed by atoms with Crippen LogP contribution in [0.1, 0.15) is 21.6 Å². The van der Waals surface area contributed by atoms with Crippen molar-refractivity contribution in [3.05, 3.63) is 47.2 Å². The summed E-state index contributed by atoms with van der Waals surface area (Å²) in [6, 6.07) is 7.76. The first-order valence-corrected chi connectivity index (χ1v) is 6.21. The number of rotatable bonds is 5. The Morgan fingerprint density at radius 1 is 1.24 bits per heavy atom. The molecule has 2 aromatic rings. The van der Waals surface area contributed by atoms with Crippen LogP contribution in [0.5, 0.6) is 17.4 Å². The molecule has 110 valence electrons. The van der Waals surface area contributed by atoms with Crippen LogP contribution in [-0.2, 0) is 6.61 Å². The summed E-state index contributed by atoms with van der Waals surface area (Å²) in [5.41, 5.74) is 1.32. The van der Waals surface area contributed by atoms with Crippen LogP contribution >= 0.6 is 0 Å². The molecule has 6 nitrogen and oxygen atoms in total. The molecule has 21 heavy (non-hydrogen) atoms. The Kier molecular flexibility index (Phi) is 4.39. The van der Waals surface area contributed by atoms with Gasteiger partial charge in [0, 0.05) is 11.8 Å². The Morgan fingerprint density at radius 3 is 2.62 bits per heavy atom. The van der Waals surface area contributed by atoms with Crippen molar-refractivity contribution in [2.45, 2.75) is 13.5 Å². The van der Waals surface area contributed by atoms with E-state index < -0.39 is 5.97 Å². The van der Waals surface area contributed by atoms with Crippen molar-refractivity contribution in [3.8, 4) is 17.4 Å². The van der Waals surface area contributed by atoms with Gasteiger partial charge in [-0.15, -0.1) is 0 Å². The van der Waals surface area contributed by atoms with Crippen molar-refractivity contribution in [3.63, 3.8) is 0 Å². The molecule has 0 aliphatic carbocycles. The molecular formula is C15H15NO5. The minimum Gasteiger partial charge on any atom is -0.493 e. The number of aliphatic hydroxyl groups is 1. The first-order valence-electron chi connectivity index (χ1n) is 6.21. The fourth-order valence-corrected chi connectivity index (χ4v) is 1.82. The van der Waals surface area contributed by atoms with E-state index in [0.29, 0.717) is 22.8 Å². The number of hydrogen-bond acceptors (Lipinski definition) is 5. The van der Waals surface area contributed by atoms with Crippen molar-refractivity contribution in [1.82, 2.24) is 4.98 Å². The van der Waals surface area contributed by atoms with E-state index in [2.05, 4.69) is 4.98 Å². The molecule has 0 aliphatic heterocycles. The van der Waals surface area contributed by atoms with E-state index in [-0.39, 0.29) is 18.1 Å². The molecule has 0 saturated carbocycles. The number of aromatic nitrogens is 1. The maximum Gasteiger partial charge on any atom is 0.335 e. The third kappa shape index (κ3) is 3.49. The van der Waals surface area contributed by atoms with Gasteiger partial charge in [0.1, 0.15) is 0 Å². The van der Waals surface area contributed by atoms with Crippen molar-refractivity contribution in [2.75, 3.05) is 7.11 Å². The van der Waals surface area contributed by atoms with E-state index in [1.807, 2.05) is 0 Å². The fourth-order valence-electron chi connectivity index (χ4n) is 1.82. The lowest BCUT2D eigenvalue weighted by Gasteiger charge is -2.11. The summed E-state index contributed by atoms with van der Waals surface area (Å²) in [4.78, 5) is 15.2. The molecule has 0 atom stereocenters. The van der Waals surface area contributed by atoms with Gasteiger partial charge in [-0.05, 0) is 30.7 Å². The molecule has 2 rings (SSSR count). The van der Waals surface area contributed by atoms with Crippen LogP contribution < -0.4 is 9.47 Å². The van der Waals surface area contributed by atoms with Crippen LogP contribution in [0.25, 0.3) is 0 Å². The van der Waals surface area contributed by atoms with Crippen molar-refractivity contribution in [1.29, 1.82) is 0 Å². The van der Waals surface area contributed by atoms with Crippen LogP contribution in [0.15, 0.2) is 30.3 Å². The molecule has 0 bridgehead atoms. The van der Waals surface area contributed by atoms with Gasteiger partial charge >= 0.3 is 5.97 Å². The van der Waals surface area contributed by atoms with Crippen LogP contribution in [0.2, 0.25) is 0 Å². The van der Waals surface area contributed by atoms with Gasteiger partial charge in [0.25, 0.3) is 0 Å². The molecule has 2 N–H and O–H groups in total. The van der Waals surface area contributed by atoms with E-state index in [4.69, 9.17) is 19.7 Å². The maximum absolute atomic E-state index is 11.0. The monoisotopic (exact) mass is 289 g/mol. The first kappa shape index (κ1) is 14.8. The summed E-state index contributed by atoms with van der Waals surface area (Å²) in [6.45, 7) is 1.58. The second kappa shape index (κ2) is 6.23. The highest BCUT2D eigenvalue weighted by Gasteiger charge is 2.11. The molecule has 6 heteroatoms. The van der Waals surface area contributed by atoms with Gasteiger partial charge in [-0.25, -0.2) is 9.78 Å². The number of pyridine rings is 1. The second-order valence-corrected chi connectivity index (χ2v) is 4.39. The zero-order chi connectivity index (χ0) is 15.4. The van der Waals surface area contributed by atoms with Crippen molar-refractivity contribution in [2.24, 2.45) is 0 Å². The summed E-state index contributed by atoms with van der Waals surface area (Å²) >= 11 is 0. The highest BCUT2D eigenvalue weighted by atomic mass is 16.5. The SMILES string of the molecule is COc1cc(CO)ccc1Oc1cc(C(=O)O)cc(C)n1. The predicted molar refractivity (Wildman–Crippen MR) is 74.9 cm³/mol. The molecule has 1 aromatic heterocycles. The molecule has 0 saturated heterocycles. The van der Waals surface area contributed by atoms with E-state index in [9.17, 15) is 4.79 Å². The number of aliphatic hydroxyl groups excluding tert-OH is 1. The van der Waals surface area contributed by atoms with Gasteiger partial charge in [-0.2, -0.15) is 0 Å². The normalized spacial score (nSPS) is 10.2. The van der Waals surface area contributed by atoms with Gasteiger partial charge < -0.3 is 19.7 Å². The van der Waals surface area contributed by atoms with Crippen LogP contribution in [0, 0.1) is 6.92 Å². The Morgan fingerprint density at radius 2 is 2.00 bits per heavy atom. The minimum atomic E-state index is -1.05. The smallest absolute Gasteiger partial charge is 0.335 e. The number of aryl methyl sites for hydroxylation is 1. The number of hydrogen-bond donors (Lipinski definition) is 2. The highest BCUT2D eigenvalue weighted by Crippen LogP contribution is 2.32. The van der Waals surface area contributed by atoms with Crippen molar-refractivity contribution >= 4 is 5.97 Å². The van der Waals surface area contributed by atoms with Gasteiger partial charge in [-0.1, -0.05) is 6.07 Å². The summed E-state index contributed by atoms with van der Waals surface area (Å²) in [5, 5.41) is 18.1. The Hall–Kier alpha value is -2.60. The number of aromatic carboxylic acids is 1. The minimum absolute atomic E-state index is 0.100. The lowest BCUT2D eigenvalue weighted by atomic mass is 10.2. The standard InChI is InChI=1S/C15H15NO5/c1-9-5-11(15(18)19)7-14(16-9)21-12-4-3-10(8-17)6-13(12)20-2/h3-7,17H,8H2,1-2H3,(H,18,19). The molecule has 0 radical (unpaired) electrons. The molecule has 0 aliphatic rings. The Labute approximate surface area is 121 Å². The number of benzene rings is 1. The fraction of sp³-hybridized carbons (Fsp3) is 0.200.